The van der Waals surface area contributed by atoms with Crippen LogP contribution in [0.25, 0.3) is 0 Å². The molecule has 88 valence electrons. The normalized spacial score (nSPS) is 17.9. The third kappa shape index (κ3) is 3.82. The number of hydrogen-bond donors (Lipinski definition) is 4. The fourth-order valence-electron chi connectivity index (χ4n) is 1.64. The second-order valence-corrected chi connectivity index (χ2v) is 4.48. The first kappa shape index (κ1) is 13.8. The number of carbonyl (C=O) groups is 2. The van der Waals surface area contributed by atoms with Gasteiger partial charge in [0.2, 0.25) is 6.04 Å². The Balaban J connectivity index is 5.08. The van der Waals surface area contributed by atoms with Crippen molar-refractivity contribution in [2.75, 3.05) is 21.1 Å². The van der Waals surface area contributed by atoms with Gasteiger partial charge in [0.1, 0.15) is 0 Å². The number of nitrogens with two attached hydrogens (primary N) is 2. The fraction of sp³-hybridized carbons (Fsp3) is 0.750. The molecule has 1 amide bonds. The summed E-state index contributed by atoms with van der Waals surface area (Å²) in [6.45, 7) is 0. The Morgan fingerprint density at radius 3 is 2.00 bits per heavy atom. The number of nitrogens with zero attached hydrogens (tertiary/aromatic N) is 1. The van der Waals surface area contributed by atoms with Crippen molar-refractivity contribution in [1.82, 2.24) is 0 Å². The van der Waals surface area contributed by atoms with E-state index in [4.69, 9.17) is 16.6 Å². The lowest BCUT2D eigenvalue weighted by Crippen LogP contribution is -2.68. The number of carboxylic acid groups (broad SMARTS) is 1. The number of hydrogen-bond acceptors (Lipinski definition) is 4. The van der Waals surface area contributed by atoms with Gasteiger partial charge >= 0.3 is 5.97 Å². The van der Waals surface area contributed by atoms with E-state index in [0.29, 0.717) is 0 Å². The average molecular weight is 220 g/mol. The Morgan fingerprint density at radius 1 is 1.40 bits per heavy atom. The molecule has 0 saturated heterocycles. The first-order chi connectivity index (χ1) is 6.48. The molecule has 6 N–H and O–H groups in total. The summed E-state index contributed by atoms with van der Waals surface area (Å²) < 4.78 is -0.0460. The van der Waals surface area contributed by atoms with Crippen LogP contribution in [0.1, 0.15) is 6.42 Å². The highest BCUT2D eigenvalue weighted by Gasteiger charge is 2.47. The van der Waals surface area contributed by atoms with Crippen molar-refractivity contribution < 1.29 is 24.3 Å². The molecule has 0 aromatic carbocycles. The largest absolute Gasteiger partial charge is 0.481 e. The van der Waals surface area contributed by atoms with Gasteiger partial charge in [0.25, 0.3) is 5.91 Å². The van der Waals surface area contributed by atoms with Crippen LogP contribution in [0.5, 0.6) is 0 Å². The van der Waals surface area contributed by atoms with Crippen LogP contribution in [0.2, 0.25) is 0 Å². The number of aliphatic carboxylic acids is 1. The zero-order chi connectivity index (χ0) is 12.4. The van der Waals surface area contributed by atoms with E-state index in [1.54, 1.807) is 21.1 Å². The second-order valence-electron chi connectivity index (χ2n) is 4.48. The number of likely N-dealkylation sites (N-methyl/N-ethyl adjacent to an activating group) is 1. The van der Waals surface area contributed by atoms with Gasteiger partial charge < -0.3 is 20.4 Å². The van der Waals surface area contributed by atoms with Crippen LogP contribution >= 0.6 is 0 Å². The van der Waals surface area contributed by atoms with E-state index < -0.39 is 30.1 Å². The first-order valence-corrected chi connectivity index (χ1v) is 4.32. The molecule has 2 atom stereocenters. The Kier molecular flexibility index (Phi) is 3.81. The minimum atomic E-state index is -2.16. The van der Waals surface area contributed by atoms with Crippen LogP contribution in [0.3, 0.4) is 0 Å². The van der Waals surface area contributed by atoms with E-state index in [0.717, 1.165) is 0 Å². The van der Waals surface area contributed by atoms with Crippen molar-refractivity contribution in [3.05, 3.63) is 0 Å². The number of amides is 1. The van der Waals surface area contributed by atoms with E-state index >= 15 is 0 Å². The molecule has 15 heavy (non-hydrogen) atoms. The zero-order valence-corrected chi connectivity index (χ0v) is 9.10. The molecule has 0 bridgehead atoms. The Bertz CT molecular complexity index is 270. The lowest BCUT2D eigenvalue weighted by Gasteiger charge is -2.39. The average Bonchev–Trinajstić information content (AvgIpc) is 1.74. The lowest BCUT2D eigenvalue weighted by molar-refractivity contribution is -0.893. The molecule has 7 nitrogen and oxygen atoms in total. The molecule has 0 fully saturated rings. The predicted molar refractivity (Wildman–Crippen MR) is 52.4 cm³/mol. The van der Waals surface area contributed by atoms with Crippen LogP contribution in [0.15, 0.2) is 0 Å². The van der Waals surface area contributed by atoms with Crippen LogP contribution in [0, 0.1) is 0 Å². The van der Waals surface area contributed by atoms with Gasteiger partial charge in [0.05, 0.1) is 27.6 Å². The third-order valence-electron chi connectivity index (χ3n) is 1.95. The van der Waals surface area contributed by atoms with Crippen molar-refractivity contribution in [2.24, 2.45) is 11.5 Å². The van der Waals surface area contributed by atoms with E-state index in [1.807, 2.05) is 0 Å². The summed E-state index contributed by atoms with van der Waals surface area (Å²) in [5.74, 6) is -2.13. The van der Waals surface area contributed by atoms with Crippen LogP contribution in [-0.4, -0.2) is 59.5 Å². The molecular weight excluding hydrogens is 202 g/mol. The summed E-state index contributed by atoms with van der Waals surface area (Å²) in [6, 6.07) is -1.19. The molecule has 0 aliphatic carbocycles. The molecule has 0 rings (SSSR count). The number of carboxylic acids is 1. The van der Waals surface area contributed by atoms with Crippen molar-refractivity contribution in [2.45, 2.75) is 18.2 Å². The van der Waals surface area contributed by atoms with E-state index in [2.05, 4.69) is 0 Å². The summed E-state index contributed by atoms with van der Waals surface area (Å²) in [5, 5.41) is 18.3. The molecule has 2 unspecified atom stereocenters. The first-order valence-electron chi connectivity index (χ1n) is 4.32. The number of quaternary nitrogens is 1. The number of carbonyl (C=O) groups excluding carboxylic acids is 1. The second kappa shape index (κ2) is 4.13. The minimum absolute atomic E-state index is 0.0460. The highest BCUT2D eigenvalue weighted by molar-refractivity contribution is 5.81. The Labute approximate surface area is 87.9 Å². The van der Waals surface area contributed by atoms with E-state index in [-0.39, 0.29) is 4.48 Å². The molecule has 7 heteroatoms. The van der Waals surface area contributed by atoms with Crippen molar-refractivity contribution in [1.29, 1.82) is 0 Å². The molecule has 0 aromatic rings. The minimum Gasteiger partial charge on any atom is -0.481 e. The van der Waals surface area contributed by atoms with Crippen molar-refractivity contribution in [3.8, 4) is 0 Å². The Hall–Kier alpha value is -1.18. The van der Waals surface area contributed by atoms with Crippen LogP contribution < -0.4 is 11.5 Å². The molecule has 0 aliphatic rings. The summed E-state index contributed by atoms with van der Waals surface area (Å²) >= 11 is 0. The van der Waals surface area contributed by atoms with Gasteiger partial charge in [-0.05, 0) is 0 Å². The maximum absolute atomic E-state index is 11.1. The maximum Gasteiger partial charge on any atom is 0.307 e. The monoisotopic (exact) mass is 220 g/mol. The molecule has 0 saturated carbocycles. The molecular formula is C8H18N3O4+. The lowest BCUT2D eigenvalue weighted by atomic mass is 9.98. The maximum atomic E-state index is 11.1. The number of primary amides is 1. The van der Waals surface area contributed by atoms with Gasteiger partial charge in [-0.1, -0.05) is 0 Å². The smallest absolute Gasteiger partial charge is 0.307 e. The topological polar surface area (TPSA) is 127 Å². The van der Waals surface area contributed by atoms with Gasteiger partial charge in [-0.15, -0.1) is 0 Å². The van der Waals surface area contributed by atoms with E-state index in [1.165, 1.54) is 0 Å². The Morgan fingerprint density at radius 2 is 1.80 bits per heavy atom. The molecule has 0 radical (unpaired) electrons. The van der Waals surface area contributed by atoms with Gasteiger partial charge in [-0.2, -0.15) is 0 Å². The molecule has 0 aliphatic heterocycles. The number of rotatable bonds is 5. The standard InChI is InChI=1S/C8H17N3O4/c1-11(2,3)6(7(9)14)8(10,15)4-5(12)13/h6,15H,4,10H2,1-3H3,(H2-,9,12,13,14)/p+1. The van der Waals surface area contributed by atoms with Crippen LogP contribution in [0.4, 0.5) is 0 Å². The molecule has 0 spiro atoms. The quantitative estimate of drug-likeness (QED) is 0.305. The zero-order valence-electron chi connectivity index (χ0n) is 9.10. The molecule has 0 aromatic heterocycles. The predicted octanol–water partition coefficient (Wildman–Crippen LogP) is -2.33. The SMILES string of the molecule is C[N+](C)(C)C(C(N)=O)C(N)(O)CC(=O)O. The highest BCUT2D eigenvalue weighted by Crippen LogP contribution is 2.17. The summed E-state index contributed by atoms with van der Waals surface area (Å²) in [6.07, 6.45) is -0.740. The van der Waals surface area contributed by atoms with Crippen molar-refractivity contribution >= 4 is 11.9 Å². The van der Waals surface area contributed by atoms with Crippen molar-refractivity contribution in [3.63, 3.8) is 0 Å². The summed E-state index contributed by atoms with van der Waals surface area (Å²) in [5.41, 5.74) is 8.35. The summed E-state index contributed by atoms with van der Waals surface area (Å²) in [7, 11) is 4.78. The van der Waals surface area contributed by atoms with Gasteiger partial charge in [-0.25, -0.2) is 0 Å². The fourth-order valence-corrected chi connectivity index (χ4v) is 1.64. The van der Waals surface area contributed by atoms with Gasteiger partial charge in [0.15, 0.2) is 5.72 Å². The van der Waals surface area contributed by atoms with Gasteiger partial charge in [-0.3, -0.25) is 15.3 Å². The summed E-state index contributed by atoms with van der Waals surface area (Å²) in [4.78, 5) is 21.6. The highest BCUT2D eigenvalue weighted by atomic mass is 16.4. The third-order valence-corrected chi connectivity index (χ3v) is 1.95. The van der Waals surface area contributed by atoms with Gasteiger partial charge in [0, 0.05) is 0 Å². The van der Waals surface area contributed by atoms with E-state index in [9.17, 15) is 14.7 Å². The number of aliphatic hydroxyl groups is 1. The van der Waals surface area contributed by atoms with Crippen LogP contribution in [-0.2, 0) is 9.59 Å². The molecule has 0 heterocycles.